The molecule has 0 amide bonds. The first-order chi connectivity index (χ1) is 10.6. The van der Waals surface area contributed by atoms with Gasteiger partial charge in [0.05, 0.1) is 22.1 Å². The fraction of sp³-hybridized carbons (Fsp3) is 0.500. The lowest BCUT2D eigenvalue weighted by Gasteiger charge is -2.30. The number of piperidine rings is 1. The quantitative estimate of drug-likeness (QED) is 0.839. The molecule has 0 saturated carbocycles. The SMILES string of the molecule is CC1CCNCC1NS(=O)(=O)c1ccc(C#N)c(C(F)(F)F)c1.Cl. The van der Waals surface area contributed by atoms with Gasteiger partial charge in [-0.2, -0.15) is 18.4 Å². The van der Waals surface area contributed by atoms with Crippen LogP contribution in [0.2, 0.25) is 0 Å². The molecule has 1 fully saturated rings. The largest absolute Gasteiger partial charge is 0.417 e. The maximum atomic E-state index is 12.9. The molecule has 2 atom stereocenters. The Morgan fingerprint density at radius 1 is 1.38 bits per heavy atom. The number of alkyl halides is 3. The summed E-state index contributed by atoms with van der Waals surface area (Å²) < 4.78 is 66.0. The van der Waals surface area contributed by atoms with Gasteiger partial charge in [-0.3, -0.25) is 0 Å². The van der Waals surface area contributed by atoms with E-state index in [0.29, 0.717) is 12.6 Å². The van der Waals surface area contributed by atoms with Gasteiger partial charge in [-0.15, -0.1) is 12.4 Å². The normalized spacial score (nSPS) is 21.6. The number of nitriles is 1. The molecule has 5 nitrogen and oxygen atoms in total. The first-order valence-corrected chi connectivity index (χ1v) is 8.48. The second-order valence-electron chi connectivity index (χ2n) is 5.51. The van der Waals surface area contributed by atoms with Crippen LogP contribution < -0.4 is 10.0 Å². The van der Waals surface area contributed by atoms with Gasteiger partial charge in [-0.1, -0.05) is 6.92 Å². The molecule has 0 spiro atoms. The summed E-state index contributed by atoms with van der Waals surface area (Å²) in [7, 11) is -4.10. The van der Waals surface area contributed by atoms with Crippen molar-refractivity contribution in [3.63, 3.8) is 0 Å². The number of nitrogens with one attached hydrogen (secondary N) is 2. The zero-order chi connectivity index (χ0) is 17.3. The monoisotopic (exact) mass is 383 g/mol. The topological polar surface area (TPSA) is 82.0 Å². The molecule has 1 heterocycles. The van der Waals surface area contributed by atoms with Crippen molar-refractivity contribution in [2.75, 3.05) is 13.1 Å². The van der Waals surface area contributed by atoms with Crippen molar-refractivity contribution in [2.24, 2.45) is 5.92 Å². The predicted molar refractivity (Wildman–Crippen MR) is 84.2 cm³/mol. The average molecular weight is 384 g/mol. The average Bonchev–Trinajstić information content (AvgIpc) is 2.48. The van der Waals surface area contributed by atoms with Crippen LogP contribution in [0, 0.1) is 17.2 Å². The molecule has 2 N–H and O–H groups in total. The van der Waals surface area contributed by atoms with Gasteiger partial charge in [0, 0.05) is 12.6 Å². The van der Waals surface area contributed by atoms with E-state index in [1.807, 2.05) is 6.92 Å². The first kappa shape index (κ1) is 20.7. The van der Waals surface area contributed by atoms with E-state index in [0.717, 1.165) is 25.1 Å². The molecule has 0 aliphatic carbocycles. The van der Waals surface area contributed by atoms with Crippen LogP contribution in [0.15, 0.2) is 23.1 Å². The number of sulfonamides is 1. The fourth-order valence-corrected chi connectivity index (χ4v) is 3.81. The van der Waals surface area contributed by atoms with Gasteiger partial charge in [0.1, 0.15) is 0 Å². The van der Waals surface area contributed by atoms with Crippen molar-refractivity contribution < 1.29 is 21.6 Å². The van der Waals surface area contributed by atoms with E-state index >= 15 is 0 Å². The molecular weight excluding hydrogens is 367 g/mol. The minimum absolute atomic E-state index is 0. The zero-order valence-corrected chi connectivity index (χ0v) is 14.4. The van der Waals surface area contributed by atoms with Crippen LogP contribution in [0.4, 0.5) is 13.2 Å². The zero-order valence-electron chi connectivity index (χ0n) is 12.7. The summed E-state index contributed by atoms with van der Waals surface area (Å²) in [5, 5.41) is 11.8. The minimum Gasteiger partial charge on any atom is -0.315 e. The maximum absolute atomic E-state index is 12.9. The number of nitrogens with zero attached hydrogens (tertiary/aromatic N) is 1. The highest BCUT2D eigenvalue weighted by Gasteiger charge is 2.35. The van der Waals surface area contributed by atoms with Crippen LogP contribution >= 0.6 is 12.4 Å². The lowest BCUT2D eigenvalue weighted by Crippen LogP contribution is -2.50. The highest BCUT2D eigenvalue weighted by Crippen LogP contribution is 2.33. The summed E-state index contributed by atoms with van der Waals surface area (Å²) in [6.45, 7) is 3.07. The van der Waals surface area contributed by atoms with Crippen LogP contribution in [0.1, 0.15) is 24.5 Å². The Kier molecular flexibility index (Phi) is 6.64. The molecule has 134 valence electrons. The van der Waals surface area contributed by atoms with Crippen LogP contribution in [0.3, 0.4) is 0 Å². The van der Waals surface area contributed by atoms with Gasteiger partial charge in [0.15, 0.2) is 0 Å². The van der Waals surface area contributed by atoms with Crippen molar-refractivity contribution in [2.45, 2.75) is 30.5 Å². The smallest absolute Gasteiger partial charge is 0.315 e. The number of hydrogen-bond acceptors (Lipinski definition) is 4. The van der Waals surface area contributed by atoms with Crippen LogP contribution in [0.5, 0.6) is 0 Å². The van der Waals surface area contributed by atoms with Gasteiger partial charge < -0.3 is 5.32 Å². The van der Waals surface area contributed by atoms with Crippen LogP contribution in [-0.2, 0) is 16.2 Å². The summed E-state index contributed by atoms with van der Waals surface area (Å²) in [5.41, 5.74) is -1.86. The number of rotatable bonds is 3. The highest BCUT2D eigenvalue weighted by molar-refractivity contribution is 7.89. The number of halogens is 4. The van der Waals surface area contributed by atoms with E-state index in [4.69, 9.17) is 5.26 Å². The molecule has 2 rings (SSSR count). The van der Waals surface area contributed by atoms with Gasteiger partial charge >= 0.3 is 6.18 Å². The third kappa shape index (κ3) is 4.60. The Morgan fingerprint density at radius 3 is 2.58 bits per heavy atom. The Balaban J connectivity index is 0.00000288. The van der Waals surface area contributed by atoms with Crippen molar-refractivity contribution in [1.82, 2.24) is 10.0 Å². The molecular formula is C14H17ClF3N3O2S. The summed E-state index contributed by atoms with van der Waals surface area (Å²) in [4.78, 5) is -0.499. The van der Waals surface area contributed by atoms with E-state index in [2.05, 4.69) is 10.0 Å². The van der Waals surface area contributed by atoms with E-state index in [9.17, 15) is 21.6 Å². The van der Waals surface area contributed by atoms with Gasteiger partial charge in [0.2, 0.25) is 10.0 Å². The van der Waals surface area contributed by atoms with E-state index in [-0.39, 0.29) is 18.3 Å². The summed E-state index contributed by atoms with van der Waals surface area (Å²) >= 11 is 0. The van der Waals surface area contributed by atoms with E-state index < -0.39 is 38.3 Å². The molecule has 24 heavy (non-hydrogen) atoms. The van der Waals surface area contributed by atoms with Gasteiger partial charge in [0.25, 0.3) is 0 Å². The Hall–Kier alpha value is -1.34. The highest BCUT2D eigenvalue weighted by atomic mass is 35.5. The second kappa shape index (κ2) is 7.70. The summed E-state index contributed by atoms with van der Waals surface area (Å²) in [6, 6.07) is 3.42. The molecule has 0 bridgehead atoms. The van der Waals surface area contributed by atoms with Crippen LogP contribution in [-0.4, -0.2) is 27.5 Å². The van der Waals surface area contributed by atoms with Gasteiger partial charge in [-0.05, 0) is 37.1 Å². The Morgan fingerprint density at radius 2 is 2.04 bits per heavy atom. The number of hydrogen-bond donors (Lipinski definition) is 2. The predicted octanol–water partition coefficient (Wildman–Crippen LogP) is 2.28. The lowest BCUT2D eigenvalue weighted by atomic mass is 9.96. The molecule has 1 saturated heterocycles. The van der Waals surface area contributed by atoms with Crippen molar-refractivity contribution >= 4 is 22.4 Å². The Labute approximate surface area is 144 Å². The molecule has 0 radical (unpaired) electrons. The first-order valence-electron chi connectivity index (χ1n) is 6.99. The minimum atomic E-state index is -4.80. The molecule has 10 heteroatoms. The molecule has 1 aliphatic rings. The lowest BCUT2D eigenvalue weighted by molar-refractivity contribution is -0.137. The van der Waals surface area contributed by atoms with Crippen LogP contribution in [0.25, 0.3) is 0 Å². The second-order valence-corrected chi connectivity index (χ2v) is 7.23. The van der Waals surface area contributed by atoms with Gasteiger partial charge in [-0.25, -0.2) is 13.1 Å². The van der Waals surface area contributed by atoms with E-state index in [1.54, 1.807) is 0 Å². The Bertz CT molecular complexity index is 732. The standard InChI is InChI=1S/C14H16F3N3O2S.ClH/c1-9-4-5-19-8-13(9)20-23(21,22)11-3-2-10(7-18)12(6-11)14(15,16)17;/h2-3,6,9,13,19-20H,4-5,8H2,1H3;1H. The summed E-state index contributed by atoms with van der Waals surface area (Å²) in [6.07, 6.45) is -4.02. The van der Waals surface area contributed by atoms with Crippen molar-refractivity contribution in [3.05, 3.63) is 29.3 Å². The van der Waals surface area contributed by atoms with Crippen molar-refractivity contribution in [1.29, 1.82) is 5.26 Å². The third-order valence-corrected chi connectivity index (χ3v) is 5.35. The number of benzene rings is 1. The summed E-state index contributed by atoms with van der Waals surface area (Å²) in [5.74, 6) is 0.0755. The molecule has 1 aromatic rings. The molecule has 1 aromatic carbocycles. The van der Waals surface area contributed by atoms with Crippen molar-refractivity contribution in [3.8, 4) is 6.07 Å². The molecule has 0 aromatic heterocycles. The third-order valence-electron chi connectivity index (χ3n) is 3.86. The van der Waals surface area contributed by atoms with E-state index in [1.165, 1.54) is 6.07 Å². The molecule has 2 unspecified atom stereocenters. The fourth-order valence-electron chi connectivity index (χ4n) is 2.44. The molecule has 1 aliphatic heterocycles. The maximum Gasteiger partial charge on any atom is 0.417 e.